The number of aromatic nitrogens is 1. The fourth-order valence-corrected chi connectivity index (χ4v) is 1.19. The van der Waals surface area contributed by atoms with Gasteiger partial charge >= 0.3 is 5.97 Å². The highest BCUT2D eigenvalue weighted by atomic mass is 35.5. The van der Waals surface area contributed by atoms with E-state index in [9.17, 15) is 4.79 Å². The topological polar surface area (TPSA) is 39.2 Å². The number of hydrogen-bond donors (Lipinski definition) is 0. The van der Waals surface area contributed by atoms with Crippen molar-refractivity contribution in [2.45, 2.75) is 13.3 Å². The third-order valence-electron chi connectivity index (χ3n) is 1.57. The molecule has 0 atom stereocenters. The quantitative estimate of drug-likeness (QED) is 0.465. The van der Waals surface area contributed by atoms with E-state index in [-0.39, 0.29) is 17.5 Å². The molecule has 0 aliphatic carbocycles. The summed E-state index contributed by atoms with van der Waals surface area (Å²) in [6, 6.07) is 1.59. The minimum Gasteiger partial charge on any atom is -0.465 e. The van der Waals surface area contributed by atoms with Crippen LogP contribution in [-0.2, 0) is 9.53 Å². The van der Waals surface area contributed by atoms with Crippen LogP contribution in [0, 0.1) is 11.8 Å². The van der Waals surface area contributed by atoms with Crippen LogP contribution in [0.3, 0.4) is 0 Å². The average molecular weight is 258 g/mol. The van der Waals surface area contributed by atoms with Crippen LogP contribution in [0.5, 0.6) is 0 Å². The van der Waals surface area contributed by atoms with Crippen molar-refractivity contribution in [2.24, 2.45) is 0 Å². The minimum absolute atomic E-state index is 0.0497. The minimum atomic E-state index is -0.344. The molecule has 0 aliphatic rings. The van der Waals surface area contributed by atoms with Crippen molar-refractivity contribution >= 4 is 29.2 Å². The van der Waals surface area contributed by atoms with Gasteiger partial charge in [-0.05, 0) is 13.0 Å². The maximum absolute atomic E-state index is 11.0. The first kappa shape index (κ1) is 12.8. The van der Waals surface area contributed by atoms with E-state index in [0.717, 1.165) is 0 Å². The lowest BCUT2D eigenvalue weighted by molar-refractivity contribution is -0.141. The molecule has 0 radical (unpaired) electrons. The first-order chi connectivity index (χ1) is 7.63. The van der Waals surface area contributed by atoms with Gasteiger partial charge in [-0.3, -0.25) is 4.79 Å². The van der Waals surface area contributed by atoms with Crippen molar-refractivity contribution in [1.29, 1.82) is 0 Å². The molecule has 0 aromatic carbocycles. The molecule has 0 fully saturated rings. The molecule has 0 spiro atoms. The Kier molecular flexibility index (Phi) is 5.10. The Morgan fingerprint density at radius 2 is 2.31 bits per heavy atom. The number of ether oxygens (including phenoxy) is 1. The van der Waals surface area contributed by atoms with Gasteiger partial charge in [0.2, 0.25) is 0 Å². The van der Waals surface area contributed by atoms with Gasteiger partial charge < -0.3 is 4.74 Å². The first-order valence-electron chi connectivity index (χ1n) is 4.59. The summed E-state index contributed by atoms with van der Waals surface area (Å²) in [5.74, 6) is 5.07. The molecule has 0 saturated carbocycles. The molecule has 1 aromatic heterocycles. The lowest BCUT2D eigenvalue weighted by Crippen LogP contribution is -2.01. The predicted octanol–water partition coefficient (Wildman–Crippen LogP) is 2.69. The van der Waals surface area contributed by atoms with Crippen LogP contribution < -0.4 is 0 Å². The van der Waals surface area contributed by atoms with Crippen LogP contribution in [0.4, 0.5) is 0 Å². The van der Waals surface area contributed by atoms with Crippen LogP contribution in [0.2, 0.25) is 10.2 Å². The van der Waals surface area contributed by atoms with Crippen molar-refractivity contribution in [2.75, 3.05) is 6.61 Å². The number of carbonyl (C=O) groups excluding carboxylic acids is 1. The number of rotatable bonds is 2. The van der Waals surface area contributed by atoms with E-state index in [1.54, 1.807) is 13.0 Å². The fourth-order valence-electron chi connectivity index (χ4n) is 0.920. The van der Waals surface area contributed by atoms with Gasteiger partial charge in [0.25, 0.3) is 0 Å². The molecular weight excluding hydrogens is 249 g/mol. The SMILES string of the molecule is CCOC(=O)CC#Cc1cnc(Cl)c(Cl)c1. The second-order valence-electron chi connectivity index (χ2n) is 2.78. The van der Waals surface area contributed by atoms with E-state index in [1.165, 1.54) is 6.20 Å². The Morgan fingerprint density at radius 3 is 2.94 bits per heavy atom. The van der Waals surface area contributed by atoms with Crippen LogP contribution >= 0.6 is 23.2 Å². The Balaban J connectivity index is 2.63. The van der Waals surface area contributed by atoms with Crippen molar-refractivity contribution in [1.82, 2.24) is 4.98 Å². The Labute approximate surface area is 104 Å². The summed E-state index contributed by atoms with van der Waals surface area (Å²) in [7, 11) is 0. The van der Waals surface area contributed by atoms with Crippen molar-refractivity contribution < 1.29 is 9.53 Å². The maximum Gasteiger partial charge on any atom is 0.317 e. The van der Waals surface area contributed by atoms with Gasteiger partial charge in [0.1, 0.15) is 11.6 Å². The largest absolute Gasteiger partial charge is 0.465 e. The van der Waals surface area contributed by atoms with Gasteiger partial charge in [-0.25, -0.2) is 4.98 Å². The van der Waals surface area contributed by atoms with E-state index in [0.29, 0.717) is 17.2 Å². The highest BCUT2D eigenvalue weighted by molar-refractivity contribution is 6.41. The molecule has 0 bridgehead atoms. The van der Waals surface area contributed by atoms with E-state index in [2.05, 4.69) is 16.8 Å². The zero-order valence-electron chi connectivity index (χ0n) is 8.59. The monoisotopic (exact) mass is 257 g/mol. The van der Waals surface area contributed by atoms with Gasteiger partial charge in [0, 0.05) is 11.8 Å². The predicted molar refractivity (Wildman–Crippen MR) is 62.4 cm³/mol. The van der Waals surface area contributed by atoms with E-state index in [4.69, 9.17) is 27.9 Å². The number of hydrogen-bond acceptors (Lipinski definition) is 3. The highest BCUT2D eigenvalue weighted by Gasteiger charge is 1.99. The Morgan fingerprint density at radius 1 is 1.56 bits per heavy atom. The molecule has 1 rings (SSSR count). The van der Waals surface area contributed by atoms with Crippen LogP contribution in [0.25, 0.3) is 0 Å². The number of halogens is 2. The van der Waals surface area contributed by atoms with Crippen molar-refractivity contribution in [3.05, 3.63) is 28.0 Å². The smallest absolute Gasteiger partial charge is 0.317 e. The van der Waals surface area contributed by atoms with E-state index in [1.807, 2.05) is 0 Å². The lowest BCUT2D eigenvalue weighted by atomic mass is 10.3. The molecule has 84 valence electrons. The molecule has 0 aliphatic heterocycles. The Bertz CT molecular complexity index is 449. The number of carbonyl (C=O) groups is 1. The van der Waals surface area contributed by atoms with E-state index < -0.39 is 0 Å². The van der Waals surface area contributed by atoms with Gasteiger partial charge in [-0.1, -0.05) is 35.0 Å². The molecule has 1 heterocycles. The summed E-state index contributed by atoms with van der Waals surface area (Å²) in [5, 5.41) is 0.571. The number of esters is 1. The Hall–Kier alpha value is -1.24. The maximum atomic E-state index is 11.0. The molecule has 0 amide bonds. The molecule has 1 aromatic rings. The molecule has 3 nitrogen and oxygen atoms in total. The van der Waals surface area contributed by atoms with Crippen molar-refractivity contribution in [3.8, 4) is 11.8 Å². The molecule has 5 heteroatoms. The summed E-state index contributed by atoms with van der Waals surface area (Å²) in [4.78, 5) is 14.8. The summed E-state index contributed by atoms with van der Waals surface area (Å²) < 4.78 is 4.72. The zero-order chi connectivity index (χ0) is 12.0. The fraction of sp³-hybridized carbons (Fsp3) is 0.273. The highest BCUT2D eigenvalue weighted by Crippen LogP contribution is 2.18. The molecule has 0 unspecified atom stereocenters. The number of nitrogens with zero attached hydrogens (tertiary/aromatic N) is 1. The van der Waals surface area contributed by atoms with Crippen LogP contribution in [0.1, 0.15) is 18.9 Å². The summed E-state index contributed by atoms with van der Waals surface area (Å²) in [6.45, 7) is 2.10. The van der Waals surface area contributed by atoms with E-state index >= 15 is 0 Å². The molecule has 0 saturated heterocycles. The second-order valence-corrected chi connectivity index (χ2v) is 3.55. The normalized spacial score (nSPS) is 9.19. The van der Waals surface area contributed by atoms with Gasteiger partial charge in [-0.15, -0.1) is 0 Å². The van der Waals surface area contributed by atoms with Gasteiger partial charge in [-0.2, -0.15) is 0 Å². The third kappa shape index (κ3) is 4.09. The zero-order valence-corrected chi connectivity index (χ0v) is 10.1. The van der Waals surface area contributed by atoms with Crippen LogP contribution in [0.15, 0.2) is 12.3 Å². The average Bonchev–Trinajstić information content (AvgIpc) is 2.24. The van der Waals surface area contributed by atoms with Crippen molar-refractivity contribution in [3.63, 3.8) is 0 Å². The standard InChI is InChI=1S/C11H9Cl2NO2/c1-2-16-10(15)5-3-4-8-6-9(12)11(13)14-7-8/h6-7H,2,5H2,1H3. The lowest BCUT2D eigenvalue weighted by Gasteiger charge is -1.95. The number of pyridine rings is 1. The van der Waals surface area contributed by atoms with Crippen LogP contribution in [-0.4, -0.2) is 17.6 Å². The summed E-state index contributed by atoms with van der Waals surface area (Å²) in [6.07, 6.45) is 1.54. The second kappa shape index (κ2) is 6.37. The molecule has 16 heavy (non-hydrogen) atoms. The third-order valence-corrected chi connectivity index (χ3v) is 2.25. The summed E-state index contributed by atoms with van der Waals surface area (Å²) in [5.41, 5.74) is 0.610. The first-order valence-corrected chi connectivity index (χ1v) is 5.34. The molecular formula is C11H9Cl2NO2. The molecule has 0 N–H and O–H groups in total. The van der Waals surface area contributed by atoms with Gasteiger partial charge in [0.15, 0.2) is 0 Å². The summed E-state index contributed by atoms with van der Waals surface area (Å²) >= 11 is 11.4. The van der Waals surface area contributed by atoms with Gasteiger partial charge in [0.05, 0.1) is 11.6 Å².